The second-order valence-corrected chi connectivity index (χ2v) is 7.75. The van der Waals surface area contributed by atoms with Gasteiger partial charge in [0, 0.05) is 18.7 Å². The van der Waals surface area contributed by atoms with Crippen LogP contribution in [0.2, 0.25) is 0 Å². The lowest BCUT2D eigenvalue weighted by molar-refractivity contribution is -0.143. The van der Waals surface area contributed by atoms with Gasteiger partial charge in [0.1, 0.15) is 0 Å². The van der Waals surface area contributed by atoms with Crippen molar-refractivity contribution in [1.29, 1.82) is 0 Å². The average molecular weight is 376 g/mol. The van der Waals surface area contributed by atoms with Crippen LogP contribution in [-0.4, -0.2) is 56.8 Å². The monoisotopic (exact) mass is 376 g/mol. The molecule has 1 aromatic carbocycles. The van der Waals surface area contributed by atoms with E-state index in [1.165, 1.54) is 4.90 Å². The Bertz CT molecular complexity index is 750. The minimum absolute atomic E-state index is 0.119. The number of thioether (sulfide) groups is 1. The summed E-state index contributed by atoms with van der Waals surface area (Å²) in [5.41, 5.74) is 1.13. The molecular formula is C18H20N2O5S. The van der Waals surface area contributed by atoms with Gasteiger partial charge < -0.3 is 10.0 Å². The van der Waals surface area contributed by atoms with Crippen molar-refractivity contribution in [3.63, 3.8) is 0 Å². The smallest absolute Gasteiger partial charge is 0.308 e. The first-order valence-corrected chi connectivity index (χ1v) is 9.42. The number of rotatable bonds is 4. The van der Waals surface area contributed by atoms with Crippen molar-refractivity contribution >= 4 is 34.8 Å². The van der Waals surface area contributed by atoms with Crippen LogP contribution in [0.4, 0.5) is 4.79 Å². The lowest BCUT2D eigenvalue weighted by Crippen LogP contribution is -2.45. The van der Waals surface area contributed by atoms with E-state index in [4.69, 9.17) is 0 Å². The van der Waals surface area contributed by atoms with Gasteiger partial charge in [-0.15, -0.1) is 0 Å². The molecule has 0 saturated carbocycles. The fraction of sp³-hybridized carbons (Fsp3) is 0.444. The van der Waals surface area contributed by atoms with Crippen molar-refractivity contribution in [3.05, 3.63) is 35.4 Å². The standard InChI is InChI=1S/C18H20N2O5S/c1-11-5-14(17(23)24)9-19(7-11)16(22)13-4-2-3-12(6-13)8-20-15(21)10-26-18(20)25/h2-4,6,11,14H,5,7-10H2,1H3,(H,23,24). The van der Waals surface area contributed by atoms with Gasteiger partial charge in [0.25, 0.3) is 11.1 Å². The number of imide groups is 1. The first-order chi connectivity index (χ1) is 12.3. The molecule has 138 valence electrons. The van der Waals surface area contributed by atoms with Gasteiger partial charge in [-0.25, -0.2) is 0 Å². The van der Waals surface area contributed by atoms with Crippen LogP contribution in [0.15, 0.2) is 24.3 Å². The van der Waals surface area contributed by atoms with E-state index in [-0.39, 0.29) is 41.8 Å². The topological polar surface area (TPSA) is 95.0 Å². The molecule has 0 bridgehead atoms. The van der Waals surface area contributed by atoms with E-state index in [0.29, 0.717) is 24.1 Å². The zero-order chi connectivity index (χ0) is 18.8. The Kier molecular flexibility index (Phi) is 5.31. The fourth-order valence-electron chi connectivity index (χ4n) is 3.40. The molecule has 1 aromatic rings. The number of aliphatic carboxylic acids is 1. The van der Waals surface area contributed by atoms with E-state index in [0.717, 1.165) is 11.8 Å². The number of hydrogen-bond acceptors (Lipinski definition) is 5. The van der Waals surface area contributed by atoms with E-state index in [2.05, 4.69) is 0 Å². The molecule has 0 spiro atoms. The normalized spacial score (nSPS) is 23.4. The SMILES string of the molecule is CC1CC(C(=O)O)CN(C(=O)c2cccc(CN3C(=O)CSC3=O)c2)C1. The molecule has 2 heterocycles. The Morgan fingerprint density at radius 2 is 2.04 bits per heavy atom. The van der Waals surface area contributed by atoms with Gasteiger partial charge in [-0.05, 0) is 30.0 Å². The number of nitrogens with zero attached hydrogens (tertiary/aromatic N) is 2. The third kappa shape index (κ3) is 3.90. The zero-order valence-corrected chi connectivity index (χ0v) is 15.2. The second kappa shape index (κ2) is 7.49. The Labute approximate surface area is 155 Å². The molecular weight excluding hydrogens is 356 g/mol. The van der Waals surface area contributed by atoms with Crippen molar-refractivity contribution in [2.75, 3.05) is 18.8 Å². The summed E-state index contributed by atoms with van der Waals surface area (Å²) in [5.74, 6) is -1.62. The number of likely N-dealkylation sites (tertiary alicyclic amines) is 1. The van der Waals surface area contributed by atoms with Gasteiger partial charge in [-0.3, -0.25) is 24.1 Å². The third-order valence-electron chi connectivity index (χ3n) is 4.65. The number of carboxylic acid groups (broad SMARTS) is 1. The van der Waals surface area contributed by atoms with E-state index in [1.807, 2.05) is 6.92 Å². The van der Waals surface area contributed by atoms with Gasteiger partial charge >= 0.3 is 5.97 Å². The summed E-state index contributed by atoms with van der Waals surface area (Å²) in [6, 6.07) is 6.81. The van der Waals surface area contributed by atoms with Crippen molar-refractivity contribution in [1.82, 2.24) is 9.80 Å². The highest BCUT2D eigenvalue weighted by molar-refractivity contribution is 8.14. The molecule has 1 N–H and O–H groups in total. The van der Waals surface area contributed by atoms with Gasteiger partial charge in [0.05, 0.1) is 18.2 Å². The average Bonchev–Trinajstić information content (AvgIpc) is 2.92. The van der Waals surface area contributed by atoms with Crippen molar-refractivity contribution in [2.45, 2.75) is 19.9 Å². The minimum atomic E-state index is -0.883. The van der Waals surface area contributed by atoms with E-state index in [1.54, 1.807) is 29.2 Å². The maximum Gasteiger partial charge on any atom is 0.308 e. The molecule has 2 saturated heterocycles. The summed E-state index contributed by atoms with van der Waals surface area (Å²) in [6.07, 6.45) is 0.565. The molecule has 2 aliphatic rings. The Morgan fingerprint density at radius 1 is 1.27 bits per heavy atom. The van der Waals surface area contributed by atoms with Gasteiger partial charge in [-0.1, -0.05) is 30.8 Å². The Hall–Kier alpha value is -2.35. The Morgan fingerprint density at radius 3 is 2.69 bits per heavy atom. The summed E-state index contributed by atoms with van der Waals surface area (Å²) in [4.78, 5) is 50.3. The molecule has 2 aliphatic heterocycles. The van der Waals surface area contributed by atoms with Crippen LogP contribution in [0.5, 0.6) is 0 Å². The van der Waals surface area contributed by atoms with Crippen molar-refractivity contribution in [3.8, 4) is 0 Å². The van der Waals surface area contributed by atoms with E-state index < -0.39 is 11.9 Å². The largest absolute Gasteiger partial charge is 0.481 e. The molecule has 2 atom stereocenters. The summed E-state index contributed by atoms with van der Waals surface area (Å²) in [5, 5.41) is 8.99. The van der Waals surface area contributed by atoms with Crippen LogP contribution in [0.25, 0.3) is 0 Å². The fourth-order valence-corrected chi connectivity index (χ4v) is 4.12. The molecule has 0 radical (unpaired) electrons. The summed E-state index contributed by atoms with van der Waals surface area (Å²) in [6.45, 7) is 2.79. The first-order valence-electron chi connectivity index (χ1n) is 8.43. The van der Waals surface area contributed by atoms with E-state index in [9.17, 15) is 24.3 Å². The van der Waals surface area contributed by atoms with Crippen LogP contribution < -0.4 is 0 Å². The quantitative estimate of drug-likeness (QED) is 0.864. The molecule has 3 rings (SSSR count). The highest BCUT2D eigenvalue weighted by Crippen LogP contribution is 2.25. The van der Waals surface area contributed by atoms with Gasteiger partial charge in [0.15, 0.2) is 0 Å². The maximum absolute atomic E-state index is 12.8. The van der Waals surface area contributed by atoms with E-state index >= 15 is 0 Å². The first kappa shape index (κ1) is 18.4. The molecule has 26 heavy (non-hydrogen) atoms. The highest BCUT2D eigenvalue weighted by atomic mass is 32.2. The molecule has 7 nitrogen and oxygen atoms in total. The van der Waals surface area contributed by atoms with Crippen LogP contribution in [0, 0.1) is 11.8 Å². The predicted molar refractivity (Wildman–Crippen MR) is 95.7 cm³/mol. The number of amides is 3. The third-order valence-corrected chi connectivity index (χ3v) is 5.51. The molecule has 2 fully saturated rings. The molecule has 0 aliphatic carbocycles. The molecule has 8 heteroatoms. The number of carbonyl (C=O) groups is 4. The van der Waals surface area contributed by atoms with Crippen LogP contribution in [0.1, 0.15) is 29.3 Å². The predicted octanol–water partition coefficient (Wildman–Crippen LogP) is 2.06. The van der Waals surface area contributed by atoms with Crippen molar-refractivity contribution < 1.29 is 24.3 Å². The number of piperidine rings is 1. The van der Waals surface area contributed by atoms with Crippen LogP contribution in [0.3, 0.4) is 0 Å². The summed E-state index contributed by atoms with van der Waals surface area (Å²) >= 11 is 0.976. The highest BCUT2D eigenvalue weighted by Gasteiger charge is 2.33. The Balaban J connectivity index is 1.74. The zero-order valence-electron chi connectivity index (χ0n) is 14.4. The summed E-state index contributed by atoms with van der Waals surface area (Å²) < 4.78 is 0. The lowest BCUT2D eigenvalue weighted by atomic mass is 9.90. The number of benzene rings is 1. The van der Waals surface area contributed by atoms with Gasteiger partial charge in [-0.2, -0.15) is 0 Å². The number of carboxylic acids is 1. The van der Waals surface area contributed by atoms with Crippen LogP contribution >= 0.6 is 11.8 Å². The number of carbonyl (C=O) groups excluding carboxylic acids is 3. The lowest BCUT2D eigenvalue weighted by Gasteiger charge is -2.34. The van der Waals surface area contributed by atoms with Crippen molar-refractivity contribution in [2.24, 2.45) is 11.8 Å². The minimum Gasteiger partial charge on any atom is -0.481 e. The maximum atomic E-state index is 12.8. The number of hydrogen-bond donors (Lipinski definition) is 1. The van der Waals surface area contributed by atoms with Gasteiger partial charge in [0.2, 0.25) is 5.91 Å². The second-order valence-electron chi connectivity index (χ2n) is 6.82. The molecule has 3 amide bonds. The molecule has 0 aromatic heterocycles. The van der Waals surface area contributed by atoms with Crippen LogP contribution in [-0.2, 0) is 16.1 Å². The molecule has 2 unspecified atom stereocenters. The summed E-state index contributed by atoms with van der Waals surface area (Å²) in [7, 11) is 0.